The van der Waals surface area contributed by atoms with Crippen molar-refractivity contribution in [3.63, 3.8) is 0 Å². The van der Waals surface area contributed by atoms with Crippen LogP contribution in [0.5, 0.6) is 0 Å². The Hall–Kier alpha value is -4.47. The lowest BCUT2D eigenvalue weighted by molar-refractivity contribution is -0.110. The highest BCUT2D eigenvalue weighted by Crippen LogP contribution is 2.38. The third-order valence-corrected chi connectivity index (χ3v) is 5.93. The van der Waals surface area contributed by atoms with Crippen molar-refractivity contribution in [2.45, 2.75) is 6.42 Å². The smallest absolute Gasteiger partial charge is 0.337 e. The lowest BCUT2D eigenvalue weighted by atomic mass is 9.99. The van der Waals surface area contributed by atoms with Gasteiger partial charge in [-0.1, -0.05) is 36.4 Å². The molecule has 0 saturated heterocycles. The maximum atomic E-state index is 13.1. The summed E-state index contributed by atoms with van der Waals surface area (Å²) >= 11 is 0. The molecule has 3 aromatic rings. The van der Waals surface area contributed by atoms with Crippen LogP contribution in [0.1, 0.15) is 38.3 Å². The molecule has 0 atom stereocenters. The molecule has 9 heteroatoms. The van der Waals surface area contributed by atoms with Gasteiger partial charge in [0.25, 0.3) is 11.8 Å². The molecule has 1 aliphatic rings. The Kier molecular flexibility index (Phi) is 8.52. The number of esters is 1. The van der Waals surface area contributed by atoms with Crippen LogP contribution in [0.4, 0.5) is 11.4 Å². The average Bonchev–Trinajstić information content (AvgIpc) is 3.26. The Labute approximate surface area is 221 Å². The number of nitrogens with one attached hydrogen (secondary N) is 3. The zero-order chi connectivity index (χ0) is 27.1. The molecule has 0 aromatic heterocycles. The van der Waals surface area contributed by atoms with Gasteiger partial charge in [-0.05, 0) is 69.0 Å². The molecule has 4 rings (SSSR count). The summed E-state index contributed by atoms with van der Waals surface area (Å²) in [5, 5.41) is 6.20. The molecule has 0 spiro atoms. The average molecular weight is 515 g/mol. The van der Waals surface area contributed by atoms with Gasteiger partial charge in [-0.25, -0.2) is 10.3 Å². The predicted octanol–water partition coefficient (Wildman–Crippen LogP) is 4.02. The summed E-state index contributed by atoms with van der Waals surface area (Å²) in [7, 11) is 5.27. The number of hydrogen-bond acceptors (Lipinski definition) is 7. The molecule has 38 heavy (non-hydrogen) atoms. The van der Waals surface area contributed by atoms with Gasteiger partial charge in [0.2, 0.25) is 0 Å². The van der Waals surface area contributed by atoms with Crippen molar-refractivity contribution in [3.05, 3.63) is 95.1 Å². The molecule has 0 bridgehead atoms. The second-order valence-corrected chi connectivity index (χ2v) is 8.96. The van der Waals surface area contributed by atoms with E-state index < -0.39 is 5.97 Å². The van der Waals surface area contributed by atoms with E-state index in [0.717, 1.165) is 18.5 Å². The number of rotatable bonds is 10. The Bertz CT molecular complexity index is 1350. The highest BCUT2D eigenvalue weighted by atomic mass is 16.6. The first-order valence-electron chi connectivity index (χ1n) is 12.1. The van der Waals surface area contributed by atoms with Gasteiger partial charge >= 0.3 is 5.97 Å². The van der Waals surface area contributed by atoms with Gasteiger partial charge in [0.05, 0.1) is 36.2 Å². The minimum atomic E-state index is -0.482. The van der Waals surface area contributed by atoms with E-state index in [9.17, 15) is 14.4 Å². The fraction of sp³-hybridized carbons (Fsp3) is 0.207. The number of methoxy groups -OCH3 is 1. The van der Waals surface area contributed by atoms with E-state index in [-0.39, 0.29) is 11.8 Å². The van der Waals surface area contributed by atoms with Crippen LogP contribution >= 0.6 is 0 Å². The minimum Gasteiger partial charge on any atom is -0.465 e. The van der Waals surface area contributed by atoms with Crippen molar-refractivity contribution >= 4 is 40.4 Å². The largest absolute Gasteiger partial charge is 0.465 e. The van der Waals surface area contributed by atoms with Gasteiger partial charge in [0.1, 0.15) is 0 Å². The third kappa shape index (κ3) is 6.26. The number of carbonyl (C=O) groups excluding carboxylic acids is 3. The summed E-state index contributed by atoms with van der Waals surface area (Å²) in [4.78, 5) is 44.8. The van der Waals surface area contributed by atoms with Crippen LogP contribution in [0, 0.1) is 0 Å². The molecule has 196 valence electrons. The van der Waals surface area contributed by atoms with Crippen molar-refractivity contribution < 1.29 is 24.0 Å². The maximum absolute atomic E-state index is 13.1. The van der Waals surface area contributed by atoms with Crippen LogP contribution in [0.3, 0.4) is 0 Å². The topological polar surface area (TPSA) is 109 Å². The van der Waals surface area contributed by atoms with Gasteiger partial charge in [-0.3, -0.25) is 14.4 Å². The first-order chi connectivity index (χ1) is 18.4. The lowest BCUT2D eigenvalue weighted by Gasteiger charge is -2.15. The van der Waals surface area contributed by atoms with Crippen LogP contribution in [-0.2, 0) is 14.4 Å². The second-order valence-electron chi connectivity index (χ2n) is 8.96. The second kappa shape index (κ2) is 12.2. The normalized spacial score (nSPS) is 13.5. The van der Waals surface area contributed by atoms with E-state index in [1.165, 1.54) is 7.11 Å². The first kappa shape index (κ1) is 26.6. The molecule has 9 nitrogen and oxygen atoms in total. The number of carbonyl (C=O) groups is 3. The van der Waals surface area contributed by atoms with Crippen molar-refractivity contribution in [2.75, 3.05) is 45.0 Å². The molecule has 0 radical (unpaired) electrons. The van der Waals surface area contributed by atoms with Crippen LogP contribution in [0.25, 0.3) is 11.3 Å². The monoisotopic (exact) mass is 514 g/mol. The maximum Gasteiger partial charge on any atom is 0.337 e. The molecule has 1 heterocycles. The van der Waals surface area contributed by atoms with Crippen molar-refractivity contribution in [3.8, 4) is 0 Å². The fourth-order valence-corrected chi connectivity index (χ4v) is 4.03. The quantitative estimate of drug-likeness (QED) is 0.162. The molecule has 2 amide bonds. The van der Waals surface area contributed by atoms with Crippen LogP contribution < -0.4 is 16.1 Å². The molecule has 0 aliphatic carbocycles. The summed E-state index contributed by atoms with van der Waals surface area (Å²) in [5.41, 5.74) is 6.96. The van der Waals surface area contributed by atoms with Crippen molar-refractivity contribution in [2.24, 2.45) is 0 Å². The van der Waals surface area contributed by atoms with Gasteiger partial charge in [0.15, 0.2) is 0 Å². The van der Waals surface area contributed by atoms with Gasteiger partial charge in [0, 0.05) is 16.8 Å². The molecular weight excluding hydrogens is 484 g/mol. The summed E-state index contributed by atoms with van der Waals surface area (Å²) in [6, 6.07) is 21.3. The Morgan fingerprint density at radius 1 is 0.921 bits per heavy atom. The standard InChI is InChI=1S/C29H30N4O5/c1-33(2)16-7-17-38-32-27(34)20-10-13-22(14-11-20)30-26(19-8-5-4-6-9-19)25-23-15-12-21(29(36)37-3)18-24(23)31-28(25)35/h4-6,8-15,18,30H,7,16-17H2,1-3H3,(H,31,35)(H,32,34)/b26-25-. The Balaban J connectivity index is 1.57. The van der Waals surface area contributed by atoms with E-state index in [2.05, 4.69) is 16.1 Å². The molecule has 0 unspecified atom stereocenters. The fourth-order valence-electron chi connectivity index (χ4n) is 4.03. The van der Waals surface area contributed by atoms with Crippen LogP contribution in [-0.4, -0.2) is 57.0 Å². The van der Waals surface area contributed by atoms with Gasteiger partial charge in [-0.15, -0.1) is 0 Å². The van der Waals surface area contributed by atoms with Crippen molar-refractivity contribution in [1.29, 1.82) is 0 Å². The zero-order valence-corrected chi connectivity index (χ0v) is 21.5. The van der Waals surface area contributed by atoms with E-state index in [4.69, 9.17) is 9.57 Å². The number of nitrogens with zero attached hydrogens (tertiary/aromatic N) is 1. The summed E-state index contributed by atoms with van der Waals surface area (Å²) in [6.07, 6.45) is 0.799. The first-order valence-corrected chi connectivity index (χ1v) is 12.1. The SMILES string of the molecule is COC(=O)c1ccc2c(c1)NC(=O)/C2=C(\Nc1ccc(C(=O)NOCCCN(C)C)cc1)c1ccccc1. The Morgan fingerprint density at radius 2 is 1.63 bits per heavy atom. The molecule has 1 aliphatic heterocycles. The predicted molar refractivity (Wildman–Crippen MR) is 146 cm³/mol. The lowest BCUT2D eigenvalue weighted by Crippen LogP contribution is -2.25. The number of amides is 2. The molecule has 3 N–H and O–H groups in total. The summed E-state index contributed by atoms with van der Waals surface area (Å²) < 4.78 is 4.80. The number of hydrogen-bond donors (Lipinski definition) is 3. The van der Waals surface area contributed by atoms with Crippen LogP contribution in [0.15, 0.2) is 72.8 Å². The van der Waals surface area contributed by atoms with Crippen LogP contribution in [0.2, 0.25) is 0 Å². The minimum absolute atomic E-state index is 0.296. The number of anilines is 2. The highest BCUT2D eigenvalue weighted by molar-refractivity contribution is 6.37. The van der Waals surface area contributed by atoms with E-state index >= 15 is 0 Å². The van der Waals surface area contributed by atoms with Crippen molar-refractivity contribution in [1.82, 2.24) is 10.4 Å². The zero-order valence-electron chi connectivity index (χ0n) is 21.5. The molecular formula is C29H30N4O5. The summed E-state index contributed by atoms with van der Waals surface area (Å²) in [5.74, 6) is -1.12. The van der Waals surface area contributed by atoms with E-state index in [0.29, 0.717) is 45.9 Å². The third-order valence-electron chi connectivity index (χ3n) is 5.93. The summed E-state index contributed by atoms with van der Waals surface area (Å²) in [6.45, 7) is 1.28. The number of ether oxygens (including phenoxy) is 1. The van der Waals surface area contributed by atoms with E-state index in [1.807, 2.05) is 49.3 Å². The Morgan fingerprint density at radius 3 is 2.32 bits per heavy atom. The molecule has 0 saturated carbocycles. The number of benzene rings is 3. The van der Waals surface area contributed by atoms with Gasteiger partial charge < -0.3 is 20.3 Å². The molecule has 0 fully saturated rings. The highest BCUT2D eigenvalue weighted by Gasteiger charge is 2.29. The number of fused-ring (bicyclic) bond motifs is 1. The van der Waals surface area contributed by atoms with E-state index in [1.54, 1.807) is 42.5 Å². The molecule has 3 aromatic carbocycles. The van der Waals surface area contributed by atoms with Gasteiger partial charge in [-0.2, -0.15) is 0 Å². The number of hydroxylamine groups is 1.